The van der Waals surface area contributed by atoms with E-state index in [1.807, 2.05) is 13.1 Å². The number of hydrogen-bond donors (Lipinski definition) is 1. The highest BCUT2D eigenvalue weighted by Crippen LogP contribution is 2.34. The molecule has 1 N–H and O–H groups in total. The van der Waals surface area contributed by atoms with Crippen molar-refractivity contribution in [1.82, 2.24) is 10.2 Å². The molecule has 1 aromatic carbocycles. The van der Waals surface area contributed by atoms with Gasteiger partial charge >= 0.3 is 0 Å². The number of hydrogen-bond acceptors (Lipinski definition) is 3. The zero-order valence-corrected chi connectivity index (χ0v) is 10.8. The molecule has 94 valence electrons. The van der Waals surface area contributed by atoms with Gasteiger partial charge < -0.3 is 10.1 Å². The van der Waals surface area contributed by atoms with Crippen LogP contribution in [0.4, 0.5) is 0 Å². The van der Waals surface area contributed by atoms with E-state index in [1.165, 1.54) is 12.0 Å². The second kappa shape index (κ2) is 6.03. The van der Waals surface area contributed by atoms with Crippen LogP contribution >= 0.6 is 0 Å². The molecule has 17 heavy (non-hydrogen) atoms. The number of rotatable bonds is 5. The second-order valence-corrected chi connectivity index (χ2v) is 4.63. The van der Waals surface area contributed by atoms with Gasteiger partial charge in [0.25, 0.3) is 0 Å². The summed E-state index contributed by atoms with van der Waals surface area (Å²) in [6.07, 6.45) is 2.28. The lowest BCUT2D eigenvalue weighted by Crippen LogP contribution is -2.31. The molecule has 1 aliphatic heterocycles. The Hall–Kier alpha value is -1.06. The minimum absolute atomic E-state index is 0.511. The first kappa shape index (κ1) is 12.4. The van der Waals surface area contributed by atoms with Gasteiger partial charge in [0.1, 0.15) is 5.75 Å². The summed E-state index contributed by atoms with van der Waals surface area (Å²) in [5, 5.41) is 3.19. The van der Waals surface area contributed by atoms with Crippen molar-refractivity contribution in [3.8, 4) is 5.75 Å². The monoisotopic (exact) mass is 234 g/mol. The lowest BCUT2D eigenvalue weighted by molar-refractivity contribution is 0.165. The van der Waals surface area contributed by atoms with E-state index in [0.717, 1.165) is 31.9 Å². The summed E-state index contributed by atoms with van der Waals surface area (Å²) in [5.74, 6) is 1.06. The molecule has 0 spiro atoms. The SMILES string of the molecule is CNCCCN(C)C1CCOc2ccccc21. The molecule has 1 aliphatic rings. The van der Waals surface area contributed by atoms with E-state index in [-0.39, 0.29) is 0 Å². The van der Waals surface area contributed by atoms with E-state index >= 15 is 0 Å². The fourth-order valence-corrected chi connectivity index (χ4v) is 2.44. The molecule has 0 radical (unpaired) electrons. The van der Waals surface area contributed by atoms with Crippen molar-refractivity contribution in [3.05, 3.63) is 29.8 Å². The van der Waals surface area contributed by atoms with Gasteiger partial charge in [-0.1, -0.05) is 18.2 Å². The average molecular weight is 234 g/mol. The van der Waals surface area contributed by atoms with Crippen LogP contribution in [0.25, 0.3) is 0 Å². The molecule has 0 fully saturated rings. The van der Waals surface area contributed by atoms with Crippen LogP contribution in [0.1, 0.15) is 24.4 Å². The van der Waals surface area contributed by atoms with Crippen LogP contribution in [0.2, 0.25) is 0 Å². The highest BCUT2D eigenvalue weighted by Gasteiger charge is 2.23. The van der Waals surface area contributed by atoms with Gasteiger partial charge in [-0.05, 0) is 39.7 Å². The Balaban J connectivity index is 2.02. The van der Waals surface area contributed by atoms with Gasteiger partial charge in [0, 0.05) is 18.0 Å². The number of fused-ring (bicyclic) bond motifs is 1. The van der Waals surface area contributed by atoms with Gasteiger partial charge in [0.05, 0.1) is 6.61 Å². The van der Waals surface area contributed by atoms with Gasteiger partial charge in [-0.15, -0.1) is 0 Å². The van der Waals surface area contributed by atoms with Gasteiger partial charge in [0.15, 0.2) is 0 Å². The van der Waals surface area contributed by atoms with Gasteiger partial charge in [-0.2, -0.15) is 0 Å². The lowest BCUT2D eigenvalue weighted by Gasteiger charge is -2.33. The molecule has 0 aromatic heterocycles. The third-order valence-corrected chi connectivity index (χ3v) is 3.40. The van der Waals surface area contributed by atoms with Crippen molar-refractivity contribution in [2.45, 2.75) is 18.9 Å². The molecule has 3 nitrogen and oxygen atoms in total. The molecular weight excluding hydrogens is 212 g/mol. The zero-order valence-electron chi connectivity index (χ0n) is 10.8. The number of benzene rings is 1. The largest absolute Gasteiger partial charge is 0.493 e. The van der Waals surface area contributed by atoms with Crippen molar-refractivity contribution >= 4 is 0 Å². The van der Waals surface area contributed by atoms with Crippen LogP contribution in [0.3, 0.4) is 0 Å². The van der Waals surface area contributed by atoms with Crippen LogP contribution in [0.5, 0.6) is 5.75 Å². The van der Waals surface area contributed by atoms with E-state index in [2.05, 4.69) is 35.5 Å². The molecule has 0 bridgehead atoms. The molecule has 1 unspecified atom stereocenters. The van der Waals surface area contributed by atoms with Gasteiger partial charge in [-0.25, -0.2) is 0 Å². The predicted molar refractivity (Wildman–Crippen MR) is 70.5 cm³/mol. The third-order valence-electron chi connectivity index (χ3n) is 3.40. The summed E-state index contributed by atoms with van der Waals surface area (Å²) >= 11 is 0. The molecule has 2 rings (SSSR count). The maximum absolute atomic E-state index is 5.69. The van der Waals surface area contributed by atoms with Crippen molar-refractivity contribution in [3.63, 3.8) is 0 Å². The van der Waals surface area contributed by atoms with Crippen molar-refractivity contribution in [2.75, 3.05) is 33.8 Å². The third kappa shape index (κ3) is 2.99. The smallest absolute Gasteiger partial charge is 0.124 e. The highest BCUT2D eigenvalue weighted by atomic mass is 16.5. The van der Waals surface area contributed by atoms with E-state index in [4.69, 9.17) is 4.74 Å². The summed E-state index contributed by atoms with van der Waals surface area (Å²) in [5.41, 5.74) is 1.34. The normalized spacial score (nSPS) is 18.9. The topological polar surface area (TPSA) is 24.5 Å². The minimum Gasteiger partial charge on any atom is -0.493 e. The number of nitrogens with one attached hydrogen (secondary N) is 1. The van der Waals surface area contributed by atoms with E-state index in [0.29, 0.717) is 6.04 Å². The van der Waals surface area contributed by atoms with Crippen LogP contribution in [0, 0.1) is 0 Å². The fraction of sp³-hybridized carbons (Fsp3) is 0.571. The fourth-order valence-electron chi connectivity index (χ4n) is 2.44. The Kier molecular flexibility index (Phi) is 4.40. The standard InChI is InChI=1S/C14H22N2O/c1-15-9-5-10-16(2)13-8-11-17-14-7-4-3-6-12(13)14/h3-4,6-7,13,15H,5,8-11H2,1-2H3. The molecule has 0 saturated heterocycles. The Morgan fingerprint density at radius 1 is 1.41 bits per heavy atom. The zero-order chi connectivity index (χ0) is 12.1. The lowest BCUT2D eigenvalue weighted by atomic mass is 9.99. The Morgan fingerprint density at radius 3 is 3.06 bits per heavy atom. The van der Waals surface area contributed by atoms with Crippen LogP contribution in [-0.2, 0) is 0 Å². The second-order valence-electron chi connectivity index (χ2n) is 4.63. The summed E-state index contributed by atoms with van der Waals surface area (Å²) in [4.78, 5) is 2.44. The van der Waals surface area contributed by atoms with Crippen molar-refractivity contribution < 1.29 is 4.74 Å². The summed E-state index contributed by atoms with van der Waals surface area (Å²) in [6.45, 7) is 3.03. The van der Waals surface area contributed by atoms with Crippen LogP contribution in [0.15, 0.2) is 24.3 Å². The Morgan fingerprint density at radius 2 is 2.24 bits per heavy atom. The van der Waals surface area contributed by atoms with E-state index in [1.54, 1.807) is 0 Å². The van der Waals surface area contributed by atoms with Crippen LogP contribution in [-0.4, -0.2) is 38.7 Å². The molecule has 0 aliphatic carbocycles. The van der Waals surface area contributed by atoms with Crippen LogP contribution < -0.4 is 10.1 Å². The molecule has 0 amide bonds. The first-order valence-electron chi connectivity index (χ1n) is 6.39. The van der Waals surface area contributed by atoms with Gasteiger partial charge in [0.2, 0.25) is 0 Å². The molecule has 1 aromatic rings. The molecule has 3 heteroatoms. The minimum atomic E-state index is 0.511. The molecule has 1 heterocycles. The maximum atomic E-state index is 5.69. The van der Waals surface area contributed by atoms with Crippen molar-refractivity contribution in [2.24, 2.45) is 0 Å². The molecular formula is C14H22N2O. The Bertz CT molecular complexity index is 354. The number of para-hydroxylation sites is 1. The van der Waals surface area contributed by atoms with E-state index in [9.17, 15) is 0 Å². The molecule has 1 atom stereocenters. The number of nitrogens with zero attached hydrogens (tertiary/aromatic N) is 1. The summed E-state index contributed by atoms with van der Waals surface area (Å²) in [7, 11) is 4.21. The molecule has 0 saturated carbocycles. The summed E-state index contributed by atoms with van der Waals surface area (Å²) in [6, 6.07) is 8.91. The quantitative estimate of drug-likeness (QED) is 0.789. The van der Waals surface area contributed by atoms with E-state index < -0.39 is 0 Å². The number of ether oxygens (including phenoxy) is 1. The maximum Gasteiger partial charge on any atom is 0.124 e. The predicted octanol–water partition coefficient (Wildman–Crippen LogP) is 2.05. The van der Waals surface area contributed by atoms with Gasteiger partial charge in [-0.3, -0.25) is 4.90 Å². The first-order chi connectivity index (χ1) is 8.33. The first-order valence-corrected chi connectivity index (χ1v) is 6.39. The average Bonchev–Trinajstić information content (AvgIpc) is 2.38. The highest BCUT2D eigenvalue weighted by molar-refractivity contribution is 5.37. The van der Waals surface area contributed by atoms with Crippen molar-refractivity contribution in [1.29, 1.82) is 0 Å². The summed E-state index contributed by atoms with van der Waals surface area (Å²) < 4.78 is 5.69. The Labute approximate surface area is 104 Å².